The molecule has 168 valence electrons. The fourth-order valence-corrected chi connectivity index (χ4v) is 4.78. The van der Waals surface area contributed by atoms with Gasteiger partial charge >= 0.3 is 0 Å². The summed E-state index contributed by atoms with van der Waals surface area (Å²) in [6, 6.07) is 15.7. The Balaban J connectivity index is 1.76. The number of carbonyl (C=O) groups is 1. The van der Waals surface area contributed by atoms with E-state index in [1.54, 1.807) is 49.4 Å². The smallest absolute Gasteiger partial charge is 0.261 e. The van der Waals surface area contributed by atoms with Gasteiger partial charge in [0.1, 0.15) is 0 Å². The Hall–Kier alpha value is -3.12. The molecule has 0 saturated carbocycles. The van der Waals surface area contributed by atoms with Crippen molar-refractivity contribution in [2.75, 3.05) is 4.72 Å². The summed E-state index contributed by atoms with van der Waals surface area (Å²) in [6.07, 6.45) is 0. The lowest BCUT2D eigenvalue weighted by atomic mass is 9.96. The first kappa shape index (κ1) is 23.5. The van der Waals surface area contributed by atoms with Crippen LogP contribution >= 0.6 is 0 Å². The van der Waals surface area contributed by atoms with Gasteiger partial charge in [-0.3, -0.25) is 9.52 Å². The molecule has 0 saturated heterocycles. The number of rotatable bonds is 6. The summed E-state index contributed by atoms with van der Waals surface area (Å²) in [5.74, 6) is -0.203. The van der Waals surface area contributed by atoms with E-state index in [0.29, 0.717) is 16.8 Å². The van der Waals surface area contributed by atoms with E-state index in [9.17, 15) is 13.2 Å². The minimum atomic E-state index is -3.70. The molecule has 1 amide bonds. The van der Waals surface area contributed by atoms with E-state index in [0.717, 1.165) is 16.7 Å². The summed E-state index contributed by atoms with van der Waals surface area (Å²) >= 11 is 0. The van der Waals surface area contributed by atoms with Gasteiger partial charge in [-0.05, 0) is 99.7 Å². The van der Waals surface area contributed by atoms with Gasteiger partial charge in [0, 0.05) is 5.56 Å². The maximum absolute atomic E-state index is 12.8. The second kappa shape index (κ2) is 9.17. The van der Waals surface area contributed by atoms with Gasteiger partial charge in [-0.15, -0.1) is 0 Å². The monoisotopic (exact) mass is 450 g/mol. The molecule has 32 heavy (non-hydrogen) atoms. The van der Waals surface area contributed by atoms with Gasteiger partial charge in [0.05, 0.1) is 16.6 Å². The van der Waals surface area contributed by atoms with E-state index in [1.165, 1.54) is 11.1 Å². The zero-order chi connectivity index (χ0) is 23.6. The molecule has 0 aliphatic rings. The summed E-state index contributed by atoms with van der Waals surface area (Å²) in [5, 5.41) is 3.05. The van der Waals surface area contributed by atoms with Crippen LogP contribution in [0.5, 0.6) is 0 Å². The van der Waals surface area contributed by atoms with E-state index >= 15 is 0 Å². The summed E-state index contributed by atoms with van der Waals surface area (Å²) in [7, 11) is -3.70. The Morgan fingerprint density at radius 1 is 0.781 bits per heavy atom. The van der Waals surface area contributed by atoms with Gasteiger partial charge in [-0.2, -0.15) is 0 Å². The molecule has 0 fully saturated rings. The second-order valence-electron chi connectivity index (χ2n) is 8.44. The van der Waals surface area contributed by atoms with Crippen molar-refractivity contribution in [1.29, 1.82) is 0 Å². The molecule has 3 rings (SSSR count). The Kier molecular flexibility index (Phi) is 6.74. The van der Waals surface area contributed by atoms with Crippen LogP contribution < -0.4 is 10.0 Å². The lowest BCUT2D eigenvalue weighted by Crippen LogP contribution is -2.27. The van der Waals surface area contributed by atoms with Gasteiger partial charge in [0.15, 0.2) is 0 Å². The number of carbonyl (C=O) groups excluding carboxylic acids is 1. The highest BCUT2D eigenvalue weighted by molar-refractivity contribution is 7.92. The highest BCUT2D eigenvalue weighted by Gasteiger charge is 2.18. The largest absolute Gasteiger partial charge is 0.346 e. The van der Waals surface area contributed by atoms with Crippen LogP contribution in [-0.2, 0) is 10.0 Å². The molecule has 0 aromatic heterocycles. The number of hydrogen-bond acceptors (Lipinski definition) is 3. The van der Waals surface area contributed by atoms with Crippen molar-refractivity contribution in [3.8, 4) is 0 Å². The number of hydrogen-bond donors (Lipinski definition) is 2. The lowest BCUT2D eigenvalue weighted by molar-refractivity contribution is 0.0939. The van der Waals surface area contributed by atoms with Crippen LogP contribution in [0, 0.1) is 34.6 Å². The van der Waals surface area contributed by atoms with Crippen LogP contribution in [0.3, 0.4) is 0 Å². The van der Waals surface area contributed by atoms with Crippen molar-refractivity contribution in [1.82, 2.24) is 5.32 Å². The Morgan fingerprint density at radius 3 is 2.03 bits per heavy atom. The zero-order valence-corrected chi connectivity index (χ0v) is 20.2. The number of anilines is 1. The zero-order valence-electron chi connectivity index (χ0n) is 19.4. The third-order valence-electron chi connectivity index (χ3n) is 5.76. The molecule has 0 heterocycles. The predicted octanol–water partition coefficient (Wildman–Crippen LogP) is 5.52. The predicted molar refractivity (Wildman–Crippen MR) is 130 cm³/mol. The van der Waals surface area contributed by atoms with Crippen LogP contribution in [0.25, 0.3) is 0 Å². The number of aryl methyl sites for hydroxylation is 5. The van der Waals surface area contributed by atoms with E-state index in [1.807, 2.05) is 20.8 Å². The van der Waals surface area contributed by atoms with Gasteiger partial charge in [0.2, 0.25) is 0 Å². The number of benzene rings is 3. The van der Waals surface area contributed by atoms with Crippen molar-refractivity contribution in [2.24, 2.45) is 0 Å². The Labute approximate surface area is 190 Å². The SMILES string of the molecule is Cc1ccc(S(=O)(=O)Nc2ccc(C(=O)NC(C)c3cc(C)c(C)cc3C)cc2C)cc1. The summed E-state index contributed by atoms with van der Waals surface area (Å²) in [6.45, 7) is 11.8. The first-order valence-corrected chi connectivity index (χ1v) is 12.0. The molecular weight excluding hydrogens is 420 g/mol. The Bertz CT molecular complexity index is 1260. The molecule has 6 heteroatoms. The van der Waals surface area contributed by atoms with E-state index in [-0.39, 0.29) is 16.8 Å². The third kappa shape index (κ3) is 5.19. The number of nitrogens with one attached hydrogen (secondary N) is 2. The van der Waals surface area contributed by atoms with Gasteiger partial charge in [-0.1, -0.05) is 29.8 Å². The maximum Gasteiger partial charge on any atom is 0.261 e. The van der Waals surface area contributed by atoms with Gasteiger partial charge < -0.3 is 5.32 Å². The quantitative estimate of drug-likeness (QED) is 0.519. The first-order valence-electron chi connectivity index (χ1n) is 10.6. The minimum absolute atomic E-state index is 0.151. The van der Waals surface area contributed by atoms with Crippen LogP contribution in [0.1, 0.15) is 56.7 Å². The summed E-state index contributed by atoms with van der Waals surface area (Å²) in [5.41, 5.74) is 7.22. The lowest BCUT2D eigenvalue weighted by Gasteiger charge is -2.19. The number of amides is 1. The summed E-state index contributed by atoms with van der Waals surface area (Å²) in [4.78, 5) is 13.0. The average molecular weight is 451 g/mol. The normalized spacial score (nSPS) is 12.3. The van der Waals surface area contributed by atoms with Crippen molar-refractivity contribution in [3.63, 3.8) is 0 Å². The molecule has 2 N–H and O–H groups in total. The fraction of sp³-hybridized carbons (Fsp3) is 0.269. The Morgan fingerprint density at radius 2 is 1.41 bits per heavy atom. The molecule has 0 bridgehead atoms. The van der Waals surface area contributed by atoms with Crippen molar-refractivity contribution >= 4 is 21.6 Å². The van der Waals surface area contributed by atoms with E-state index in [4.69, 9.17) is 0 Å². The van der Waals surface area contributed by atoms with Gasteiger partial charge in [-0.25, -0.2) is 8.42 Å². The first-order chi connectivity index (χ1) is 15.0. The van der Waals surface area contributed by atoms with Crippen LogP contribution in [0.4, 0.5) is 5.69 Å². The average Bonchev–Trinajstić information content (AvgIpc) is 2.72. The maximum atomic E-state index is 12.8. The number of sulfonamides is 1. The molecule has 3 aromatic carbocycles. The molecular formula is C26H30N2O3S. The van der Waals surface area contributed by atoms with Crippen molar-refractivity contribution in [3.05, 3.63) is 93.5 Å². The molecule has 0 radical (unpaired) electrons. The van der Waals surface area contributed by atoms with Gasteiger partial charge in [0.25, 0.3) is 15.9 Å². The van der Waals surface area contributed by atoms with E-state index < -0.39 is 10.0 Å². The van der Waals surface area contributed by atoms with E-state index in [2.05, 4.69) is 36.0 Å². The third-order valence-corrected chi connectivity index (χ3v) is 7.14. The minimum Gasteiger partial charge on any atom is -0.346 e. The summed E-state index contributed by atoms with van der Waals surface area (Å²) < 4.78 is 28.0. The molecule has 0 aliphatic carbocycles. The molecule has 5 nitrogen and oxygen atoms in total. The molecule has 3 aromatic rings. The molecule has 1 unspecified atom stereocenters. The molecule has 0 aliphatic heterocycles. The fourth-order valence-electron chi connectivity index (χ4n) is 3.65. The van der Waals surface area contributed by atoms with Crippen LogP contribution in [0.15, 0.2) is 59.5 Å². The topological polar surface area (TPSA) is 75.3 Å². The highest BCUT2D eigenvalue weighted by atomic mass is 32.2. The highest BCUT2D eigenvalue weighted by Crippen LogP contribution is 2.24. The van der Waals surface area contributed by atoms with Crippen molar-refractivity contribution < 1.29 is 13.2 Å². The second-order valence-corrected chi connectivity index (χ2v) is 10.1. The molecule has 0 spiro atoms. The van der Waals surface area contributed by atoms with Crippen LogP contribution in [-0.4, -0.2) is 14.3 Å². The van der Waals surface area contributed by atoms with Crippen LogP contribution in [0.2, 0.25) is 0 Å². The molecule has 1 atom stereocenters. The van der Waals surface area contributed by atoms with Crippen molar-refractivity contribution in [2.45, 2.75) is 52.5 Å². The standard InChI is InChI=1S/C26H30N2O3S/c1-16-7-10-23(11-8-16)32(30,31)28-25-12-9-22(14-20(25)5)26(29)27-21(6)24-15-18(3)17(2)13-19(24)4/h7-15,21,28H,1-6H3,(H,27,29).